The minimum Gasteiger partial charge on any atom is -0.342 e. The average Bonchev–Trinajstić information content (AvgIpc) is 3.01. The minimum absolute atomic E-state index is 0.802. The van der Waals surface area contributed by atoms with Gasteiger partial charge >= 0.3 is 0 Å². The van der Waals surface area contributed by atoms with E-state index in [0.717, 1.165) is 22.8 Å². The summed E-state index contributed by atoms with van der Waals surface area (Å²) < 4.78 is 0. The number of benzene rings is 1. The first-order chi connectivity index (χ1) is 7.93. The monoisotopic (exact) mass is 210 g/mol. The van der Waals surface area contributed by atoms with Gasteiger partial charge in [0.15, 0.2) is 5.82 Å². The van der Waals surface area contributed by atoms with Crippen LogP contribution >= 0.6 is 0 Å². The third-order valence-corrected chi connectivity index (χ3v) is 2.41. The van der Waals surface area contributed by atoms with E-state index in [9.17, 15) is 0 Å². The van der Waals surface area contributed by atoms with E-state index in [1.165, 1.54) is 0 Å². The van der Waals surface area contributed by atoms with Gasteiger partial charge in [0.1, 0.15) is 5.69 Å². The van der Waals surface area contributed by atoms with Crippen LogP contribution in [0.2, 0.25) is 0 Å². The van der Waals surface area contributed by atoms with E-state index in [4.69, 9.17) is 0 Å². The molecule has 3 rings (SSSR count). The fourth-order valence-electron chi connectivity index (χ4n) is 1.61. The zero-order valence-electron chi connectivity index (χ0n) is 8.51. The molecule has 3 aromatic rings. The summed E-state index contributed by atoms with van der Waals surface area (Å²) in [4.78, 5) is 14.5. The summed E-state index contributed by atoms with van der Waals surface area (Å²) in [6, 6.07) is 10.1. The molecule has 1 aromatic carbocycles. The van der Waals surface area contributed by atoms with Gasteiger partial charge in [-0.1, -0.05) is 30.3 Å². The molecule has 0 radical (unpaired) electrons. The first-order valence-corrected chi connectivity index (χ1v) is 5.02. The van der Waals surface area contributed by atoms with Crippen LogP contribution in [0.25, 0.3) is 22.8 Å². The number of nitrogens with one attached hydrogen (secondary N) is 2. The Kier molecular flexibility index (Phi) is 2.04. The van der Waals surface area contributed by atoms with Crippen molar-refractivity contribution in [3.63, 3.8) is 0 Å². The van der Waals surface area contributed by atoms with Gasteiger partial charge in [-0.25, -0.2) is 9.97 Å². The SMILES string of the molecule is c1ccc(-c2cnc(-c3cnc[nH]3)[nH]2)cc1. The van der Waals surface area contributed by atoms with Crippen molar-refractivity contribution in [3.05, 3.63) is 49.1 Å². The van der Waals surface area contributed by atoms with Crippen LogP contribution in [0.4, 0.5) is 0 Å². The Morgan fingerprint density at radius 2 is 1.81 bits per heavy atom. The van der Waals surface area contributed by atoms with Gasteiger partial charge in [-0.3, -0.25) is 0 Å². The molecule has 0 unspecified atom stereocenters. The second kappa shape index (κ2) is 3.66. The Bertz CT molecular complexity index is 566. The zero-order valence-corrected chi connectivity index (χ0v) is 8.51. The van der Waals surface area contributed by atoms with Gasteiger partial charge in [0.2, 0.25) is 0 Å². The number of H-pyrrole nitrogens is 2. The highest BCUT2D eigenvalue weighted by molar-refractivity contribution is 5.62. The standard InChI is InChI=1S/C12H10N4/c1-2-4-9(5-3-1)10-7-14-12(16-10)11-6-13-8-15-11/h1-8H,(H,13,15)(H,14,16). The van der Waals surface area contributed by atoms with E-state index in [1.807, 2.05) is 36.5 Å². The summed E-state index contributed by atoms with van der Waals surface area (Å²) in [7, 11) is 0. The minimum atomic E-state index is 0.802. The molecule has 0 spiro atoms. The van der Waals surface area contributed by atoms with Gasteiger partial charge in [-0.05, 0) is 5.56 Å². The van der Waals surface area contributed by atoms with Crippen molar-refractivity contribution in [1.29, 1.82) is 0 Å². The van der Waals surface area contributed by atoms with Gasteiger partial charge in [-0.15, -0.1) is 0 Å². The number of imidazole rings is 2. The van der Waals surface area contributed by atoms with Crippen LogP contribution in [0.3, 0.4) is 0 Å². The van der Waals surface area contributed by atoms with Gasteiger partial charge < -0.3 is 9.97 Å². The number of nitrogens with zero attached hydrogens (tertiary/aromatic N) is 2. The molecule has 0 fully saturated rings. The zero-order chi connectivity index (χ0) is 10.8. The highest BCUT2D eigenvalue weighted by atomic mass is 15.0. The van der Waals surface area contributed by atoms with Crippen molar-refractivity contribution in [1.82, 2.24) is 19.9 Å². The molecule has 16 heavy (non-hydrogen) atoms. The maximum Gasteiger partial charge on any atom is 0.155 e. The number of aromatic amines is 2. The van der Waals surface area contributed by atoms with Crippen LogP contribution in [0.1, 0.15) is 0 Å². The van der Waals surface area contributed by atoms with E-state index < -0.39 is 0 Å². The Labute approximate surface area is 92.4 Å². The lowest BCUT2D eigenvalue weighted by Gasteiger charge is -1.95. The highest BCUT2D eigenvalue weighted by Crippen LogP contribution is 2.19. The third kappa shape index (κ3) is 1.50. The molecule has 0 saturated carbocycles. The van der Waals surface area contributed by atoms with Crippen LogP contribution in [-0.4, -0.2) is 19.9 Å². The van der Waals surface area contributed by atoms with Crippen LogP contribution < -0.4 is 0 Å². The number of hydrogen-bond donors (Lipinski definition) is 2. The van der Waals surface area contributed by atoms with Crippen molar-refractivity contribution >= 4 is 0 Å². The van der Waals surface area contributed by atoms with Gasteiger partial charge in [0, 0.05) is 0 Å². The topological polar surface area (TPSA) is 57.4 Å². The predicted octanol–water partition coefficient (Wildman–Crippen LogP) is 2.47. The Morgan fingerprint density at radius 1 is 0.938 bits per heavy atom. The maximum atomic E-state index is 4.31. The molecular weight excluding hydrogens is 200 g/mol. The second-order valence-electron chi connectivity index (χ2n) is 3.48. The molecule has 0 aliphatic heterocycles. The lowest BCUT2D eigenvalue weighted by atomic mass is 10.2. The molecule has 2 N–H and O–H groups in total. The molecule has 0 saturated heterocycles. The van der Waals surface area contributed by atoms with E-state index in [0.29, 0.717) is 0 Å². The first kappa shape index (κ1) is 8.91. The molecule has 0 bridgehead atoms. The third-order valence-electron chi connectivity index (χ3n) is 2.41. The summed E-state index contributed by atoms with van der Waals surface area (Å²) in [5.41, 5.74) is 3.02. The average molecular weight is 210 g/mol. The van der Waals surface area contributed by atoms with Crippen LogP contribution in [0, 0.1) is 0 Å². The molecule has 78 valence electrons. The van der Waals surface area contributed by atoms with Crippen LogP contribution in [0.5, 0.6) is 0 Å². The molecule has 0 aliphatic carbocycles. The van der Waals surface area contributed by atoms with E-state index >= 15 is 0 Å². The Balaban J connectivity index is 2.00. The molecule has 0 atom stereocenters. The smallest absolute Gasteiger partial charge is 0.155 e. The Hall–Kier alpha value is -2.36. The lowest BCUT2D eigenvalue weighted by molar-refractivity contribution is 1.25. The number of aromatic nitrogens is 4. The Morgan fingerprint density at radius 3 is 2.56 bits per heavy atom. The summed E-state index contributed by atoms with van der Waals surface area (Å²) in [6.07, 6.45) is 5.21. The lowest BCUT2D eigenvalue weighted by Crippen LogP contribution is -1.80. The molecule has 4 heteroatoms. The summed E-state index contributed by atoms with van der Waals surface area (Å²) in [5.74, 6) is 0.802. The van der Waals surface area contributed by atoms with Gasteiger partial charge in [-0.2, -0.15) is 0 Å². The van der Waals surface area contributed by atoms with Gasteiger partial charge in [0.05, 0.1) is 24.4 Å². The largest absolute Gasteiger partial charge is 0.342 e. The van der Waals surface area contributed by atoms with E-state index in [2.05, 4.69) is 19.9 Å². The van der Waals surface area contributed by atoms with E-state index in [-0.39, 0.29) is 0 Å². The van der Waals surface area contributed by atoms with Gasteiger partial charge in [0.25, 0.3) is 0 Å². The fraction of sp³-hybridized carbons (Fsp3) is 0. The number of hydrogen-bond acceptors (Lipinski definition) is 2. The molecule has 0 amide bonds. The summed E-state index contributed by atoms with van der Waals surface area (Å²) in [5, 5.41) is 0. The summed E-state index contributed by atoms with van der Waals surface area (Å²) in [6.45, 7) is 0. The van der Waals surface area contributed by atoms with Crippen molar-refractivity contribution in [2.45, 2.75) is 0 Å². The van der Waals surface area contributed by atoms with Crippen LogP contribution in [-0.2, 0) is 0 Å². The molecule has 2 heterocycles. The first-order valence-electron chi connectivity index (χ1n) is 5.02. The molecule has 4 nitrogen and oxygen atoms in total. The highest BCUT2D eigenvalue weighted by Gasteiger charge is 2.05. The molecule has 2 aromatic heterocycles. The maximum absolute atomic E-state index is 4.31. The number of rotatable bonds is 2. The van der Waals surface area contributed by atoms with Crippen molar-refractivity contribution < 1.29 is 0 Å². The quantitative estimate of drug-likeness (QED) is 0.682. The molecular formula is C12H10N4. The molecule has 0 aliphatic rings. The second-order valence-corrected chi connectivity index (χ2v) is 3.48. The van der Waals surface area contributed by atoms with Crippen LogP contribution in [0.15, 0.2) is 49.1 Å². The summed E-state index contributed by atoms with van der Waals surface area (Å²) >= 11 is 0. The normalized spacial score (nSPS) is 10.5. The fourth-order valence-corrected chi connectivity index (χ4v) is 1.61. The van der Waals surface area contributed by atoms with Crippen molar-refractivity contribution in [3.8, 4) is 22.8 Å². The van der Waals surface area contributed by atoms with Crippen molar-refractivity contribution in [2.75, 3.05) is 0 Å². The van der Waals surface area contributed by atoms with E-state index in [1.54, 1.807) is 12.5 Å². The predicted molar refractivity (Wildman–Crippen MR) is 61.6 cm³/mol. The van der Waals surface area contributed by atoms with Crippen molar-refractivity contribution in [2.24, 2.45) is 0 Å².